The zero-order chi connectivity index (χ0) is 13.5. The van der Waals surface area contributed by atoms with Gasteiger partial charge in [0.15, 0.2) is 0 Å². The number of hydrogen-bond donors (Lipinski definition) is 1. The van der Waals surface area contributed by atoms with Crippen molar-refractivity contribution in [2.24, 2.45) is 0 Å². The van der Waals surface area contributed by atoms with Crippen LogP contribution >= 0.6 is 0 Å². The zero-order valence-electron chi connectivity index (χ0n) is 11.9. The van der Waals surface area contributed by atoms with E-state index in [1.165, 1.54) is 12.8 Å². The Labute approximate surface area is 110 Å². The van der Waals surface area contributed by atoms with Crippen molar-refractivity contribution in [3.05, 3.63) is 0 Å². The van der Waals surface area contributed by atoms with Gasteiger partial charge >= 0.3 is 0 Å². The van der Waals surface area contributed by atoms with Gasteiger partial charge < -0.3 is 10.2 Å². The third kappa shape index (κ3) is 4.67. The zero-order valence-corrected chi connectivity index (χ0v) is 11.9. The maximum absolute atomic E-state index is 11.7. The molecule has 1 N–H and O–H groups in total. The predicted molar refractivity (Wildman–Crippen MR) is 72.2 cm³/mol. The molecule has 0 heterocycles. The van der Waals surface area contributed by atoms with Gasteiger partial charge in [0.1, 0.15) is 0 Å². The molecule has 1 atom stereocenters. The minimum Gasteiger partial charge on any atom is -0.354 e. The molecule has 1 rings (SSSR count). The lowest BCUT2D eigenvalue weighted by Gasteiger charge is -2.27. The van der Waals surface area contributed by atoms with Crippen LogP contribution in [-0.2, 0) is 9.59 Å². The molecule has 104 valence electrons. The number of nitrogens with zero attached hydrogens (tertiary/aromatic N) is 1. The summed E-state index contributed by atoms with van der Waals surface area (Å²) in [4.78, 5) is 25.2. The van der Waals surface area contributed by atoms with E-state index in [1.807, 2.05) is 18.7 Å². The summed E-state index contributed by atoms with van der Waals surface area (Å²) in [6.45, 7) is 6.20. The molecule has 0 spiro atoms. The van der Waals surface area contributed by atoms with Gasteiger partial charge in [-0.05, 0) is 26.2 Å². The highest BCUT2D eigenvalue weighted by atomic mass is 16.2. The Hall–Kier alpha value is -1.06. The van der Waals surface area contributed by atoms with Crippen LogP contribution in [0.25, 0.3) is 0 Å². The van der Waals surface area contributed by atoms with Crippen molar-refractivity contribution in [2.75, 3.05) is 6.54 Å². The monoisotopic (exact) mass is 254 g/mol. The Morgan fingerprint density at radius 3 is 2.44 bits per heavy atom. The topological polar surface area (TPSA) is 49.4 Å². The van der Waals surface area contributed by atoms with Crippen LogP contribution in [-0.4, -0.2) is 35.3 Å². The summed E-state index contributed by atoms with van der Waals surface area (Å²) < 4.78 is 0. The molecular formula is C14H26N2O2. The van der Waals surface area contributed by atoms with Crippen LogP contribution < -0.4 is 5.32 Å². The van der Waals surface area contributed by atoms with E-state index in [1.54, 1.807) is 6.92 Å². The van der Waals surface area contributed by atoms with Crippen LogP contribution in [0, 0.1) is 0 Å². The van der Waals surface area contributed by atoms with Gasteiger partial charge in [-0.1, -0.05) is 19.8 Å². The maximum Gasteiger partial charge on any atom is 0.221 e. The summed E-state index contributed by atoms with van der Waals surface area (Å²) in [6.07, 6.45) is 5.94. The first-order valence-corrected chi connectivity index (χ1v) is 7.11. The number of hydrogen-bond acceptors (Lipinski definition) is 2. The van der Waals surface area contributed by atoms with Crippen LogP contribution in [0.5, 0.6) is 0 Å². The molecule has 0 aliphatic heterocycles. The molecule has 0 aromatic carbocycles. The van der Waals surface area contributed by atoms with E-state index >= 15 is 0 Å². The normalized spacial score (nSPS) is 17.5. The number of carbonyl (C=O) groups is 2. The van der Waals surface area contributed by atoms with E-state index in [4.69, 9.17) is 0 Å². The molecule has 4 heteroatoms. The molecule has 0 radical (unpaired) electrons. The van der Waals surface area contributed by atoms with E-state index in [0.29, 0.717) is 19.0 Å². The number of nitrogens with one attached hydrogen (secondary N) is 1. The highest BCUT2D eigenvalue weighted by Crippen LogP contribution is 2.23. The van der Waals surface area contributed by atoms with Gasteiger partial charge in [0.05, 0.1) is 0 Å². The van der Waals surface area contributed by atoms with Gasteiger partial charge in [0.2, 0.25) is 11.8 Å². The molecule has 2 amide bonds. The van der Waals surface area contributed by atoms with Crippen LogP contribution in [0.2, 0.25) is 0 Å². The minimum atomic E-state index is 0.0496. The summed E-state index contributed by atoms with van der Waals surface area (Å²) in [5, 5.41) is 2.94. The quantitative estimate of drug-likeness (QED) is 0.789. The van der Waals surface area contributed by atoms with E-state index in [-0.39, 0.29) is 17.9 Å². The smallest absolute Gasteiger partial charge is 0.221 e. The minimum absolute atomic E-state index is 0.0496. The van der Waals surface area contributed by atoms with Crippen molar-refractivity contribution in [1.82, 2.24) is 10.2 Å². The molecule has 1 aliphatic carbocycles. The number of rotatable bonds is 6. The average molecular weight is 254 g/mol. The first kappa shape index (κ1) is 15.0. The van der Waals surface area contributed by atoms with Crippen molar-refractivity contribution >= 4 is 11.8 Å². The lowest BCUT2D eigenvalue weighted by Crippen LogP contribution is -2.41. The van der Waals surface area contributed by atoms with Crippen LogP contribution in [0.4, 0.5) is 0 Å². The van der Waals surface area contributed by atoms with Gasteiger partial charge in [-0.3, -0.25) is 9.59 Å². The second-order valence-corrected chi connectivity index (χ2v) is 5.28. The SMILES string of the molecule is CCC(C)NC(=O)CCN(C(C)=O)C1CCCC1. The Kier molecular flexibility index (Phi) is 6.16. The third-order valence-corrected chi connectivity index (χ3v) is 3.77. The van der Waals surface area contributed by atoms with Gasteiger partial charge in [-0.25, -0.2) is 0 Å². The first-order chi connectivity index (χ1) is 8.54. The molecule has 0 saturated heterocycles. The Balaban J connectivity index is 2.37. The summed E-state index contributed by atoms with van der Waals surface area (Å²) in [5.74, 6) is 0.145. The van der Waals surface area contributed by atoms with Crippen molar-refractivity contribution in [1.29, 1.82) is 0 Å². The molecule has 0 aromatic heterocycles. The fourth-order valence-electron chi connectivity index (χ4n) is 2.48. The highest BCUT2D eigenvalue weighted by molar-refractivity contribution is 5.78. The second-order valence-electron chi connectivity index (χ2n) is 5.28. The second kappa shape index (κ2) is 7.39. The van der Waals surface area contributed by atoms with Crippen LogP contribution in [0.1, 0.15) is 59.3 Å². The van der Waals surface area contributed by atoms with Crippen LogP contribution in [0.3, 0.4) is 0 Å². The average Bonchev–Trinajstić information content (AvgIpc) is 2.82. The Bertz CT molecular complexity index is 286. The molecule has 1 aliphatic rings. The summed E-state index contributed by atoms with van der Waals surface area (Å²) >= 11 is 0. The van der Waals surface area contributed by atoms with Crippen molar-refractivity contribution in [3.63, 3.8) is 0 Å². The summed E-state index contributed by atoms with van der Waals surface area (Å²) in [5.41, 5.74) is 0. The fraction of sp³-hybridized carbons (Fsp3) is 0.857. The van der Waals surface area contributed by atoms with E-state index < -0.39 is 0 Å². The van der Waals surface area contributed by atoms with Gasteiger partial charge in [0.25, 0.3) is 0 Å². The Morgan fingerprint density at radius 2 is 1.94 bits per heavy atom. The van der Waals surface area contributed by atoms with E-state index in [0.717, 1.165) is 19.3 Å². The number of carbonyl (C=O) groups excluding carboxylic acids is 2. The largest absolute Gasteiger partial charge is 0.354 e. The summed E-state index contributed by atoms with van der Waals surface area (Å²) in [6, 6.07) is 0.577. The lowest BCUT2D eigenvalue weighted by atomic mass is 10.2. The third-order valence-electron chi connectivity index (χ3n) is 3.77. The van der Waals surface area contributed by atoms with Gasteiger partial charge in [-0.2, -0.15) is 0 Å². The molecule has 0 bridgehead atoms. The molecule has 1 fully saturated rings. The highest BCUT2D eigenvalue weighted by Gasteiger charge is 2.24. The molecular weight excluding hydrogens is 228 g/mol. The first-order valence-electron chi connectivity index (χ1n) is 7.11. The van der Waals surface area contributed by atoms with E-state index in [2.05, 4.69) is 5.32 Å². The standard InChI is InChI=1S/C14H26N2O2/c1-4-11(2)15-14(18)9-10-16(12(3)17)13-7-5-6-8-13/h11,13H,4-10H2,1-3H3,(H,15,18). The molecule has 18 heavy (non-hydrogen) atoms. The Morgan fingerprint density at radius 1 is 1.33 bits per heavy atom. The molecule has 4 nitrogen and oxygen atoms in total. The fourth-order valence-corrected chi connectivity index (χ4v) is 2.48. The van der Waals surface area contributed by atoms with Crippen LogP contribution in [0.15, 0.2) is 0 Å². The lowest BCUT2D eigenvalue weighted by molar-refractivity contribution is -0.132. The van der Waals surface area contributed by atoms with E-state index in [9.17, 15) is 9.59 Å². The summed E-state index contributed by atoms with van der Waals surface area (Å²) in [7, 11) is 0. The van der Waals surface area contributed by atoms with Gasteiger partial charge in [0, 0.05) is 32.0 Å². The molecule has 1 saturated carbocycles. The molecule has 1 unspecified atom stereocenters. The molecule has 0 aromatic rings. The van der Waals surface area contributed by atoms with Crippen molar-refractivity contribution in [2.45, 2.75) is 71.4 Å². The predicted octanol–water partition coefficient (Wildman–Crippen LogP) is 2.08. The van der Waals surface area contributed by atoms with Gasteiger partial charge in [-0.15, -0.1) is 0 Å². The van der Waals surface area contributed by atoms with Crippen molar-refractivity contribution in [3.8, 4) is 0 Å². The van der Waals surface area contributed by atoms with Crippen molar-refractivity contribution < 1.29 is 9.59 Å². The number of amides is 2. The maximum atomic E-state index is 11.7.